The van der Waals surface area contributed by atoms with Crippen molar-refractivity contribution in [1.82, 2.24) is 4.40 Å². The van der Waals surface area contributed by atoms with Crippen molar-refractivity contribution in [2.45, 2.75) is 23.9 Å². The van der Waals surface area contributed by atoms with Gasteiger partial charge in [-0.2, -0.15) is 13.2 Å². The number of alkyl halides is 3. The van der Waals surface area contributed by atoms with Gasteiger partial charge in [-0.05, 0) is 47.9 Å². The lowest BCUT2D eigenvalue weighted by molar-refractivity contribution is -0.0329. The highest BCUT2D eigenvalue weighted by Crippen LogP contribution is 2.39. The van der Waals surface area contributed by atoms with Crippen LogP contribution in [0.1, 0.15) is 23.6 Å². The van der Waals surface area contributed by atoms with Crippen molar-refractivity contribution in [2.24, 2.45) is 0 Å². The van der Waals surface area contributed by atoms with E-state index < -0.39 is 5.51 Å². The first-order valence-corrected chi connectivity index (χ1v) is 9.57. The molecule has 1 aromatic carbocycles. The number of anilines is 1. The standard InChI is InChI=1S/C22H19F3N2S/c1-3-16-10-11-20(17(4-2)14-16)26-12-7-8-18-15-19-9-5-6-13-27(19)21(18)28-22(23,24)25/h3,5-6,9-11,13-15,26H,1,4,12H2,2H3. The fourth-order valence-corrected chi connectivity index (χ4v) is 3.59. The maximum Gasteiger partial charge on any atom is 0.447 e. The van der Waals surface area contributed by atoms with Gasteiger partial charge in [0.25, 0.3) is 0 Å². The fourth-order valence-electron chi connectivity index (χ4n) is 2.89. The van der Waals surface area contributed by atoms with Crippen LogP contribution in [-0.2, 0) is 6.42 Å². The van der Waals surface area contributed by atoms with Crippen LogP contribution in [0.2, 0.25) is 0 Å². The van der Waals surface area contributed by atoms with Gasteiger partial charge >= 0.3 is 5.51 Å². The van der Waals surface area contributed by atoms with E-state index in [1.54, 1.807) is 36.5 Å². The Kier molecular flexibility index (Phi) is 6.05. The molecule has 3 aromatic rings. The summed E-state index contributed by atoms with van der Waals surface area (Å²) in [5.41, 5.74) is -0.172. The van der Waals surface area contributed by atoms with Gasteiger partial charge in [0.05, 0.1) is 12.1 Å². The van der Waals surface area contributed by atoms with E-state index in [-0.39, 0.29) is 16.8 Å². The highest BCUT2D eigenvalue weighted by molar-refractivity contribution is 8.00. The van der Waals surface area contributed by atoms with Crippen LogP contribution in [0.15, 0.2) is 60.3 Å². The van der Waals surface area contributed by atoms with Gasteiger partial charge < -0.3 is 9.72 Å². The van der Waals surface area contributed by atoms with Gasteiger partial charge in [-0.1, -0.05) is 43.6 Å². The molecule has 6 heteroatoms. The first-order valence-electron chi connectivity index (χ1n) is 8.75. The Labute approximate surface area is 166 Å². The van der Waals surface area contributed by atoms with Crippen LogP contribution in [-0.4, -0.2) is 16.5 Å². The van der Waals surface area contributed by atoms with E-state index >= 15 is 0 Å². The number of aryl methyl sites for hydroxylation is 1. The van der Waals surface area contributed by atoms with Gasteiger partial charge in [-0.25, -0.2) is 0 Å². The molecule has 0 aliphatic heterocycles. The van der Waals surface area contributed by atoms with E-state index in [9.17, 15) is 13.2 Å². The number of halogens is 3. The number of rotatable bonds is 5. The molecule has 0 atom stereocenters. The average Bonchev–Trinajstić information content (AvgIpc) is 3.01. The molecular weight excluding hydrogens is 381 g/mol. The maximum atomic E-state index is 13.0. The summed E-state index contributed by atoms with van der Waals surface area (Å²) in [5, 5.41) is 3.33. The summed E-state index contributed by atoms with van der Waals surface area (Å²) < 4.78 is 40.4. The van der Waals surface area contributed by atoms with E-state index in [1.165, 1.54) is 4.40 Å². The number of benzene rings is 1. The van der Waals surface area contributed by atoms with Gasteiger partial charge in [-0.3, -0.25) is 0 Å². The predicted molar refractivity (Wildman–Crippen MR) is 111 cm³/mol. The first kappa shape index (κ1) is 20.0. The normalized spacial score (nSPS) is 11.1. The zero-order valence-corrected chi connectivity index (χ0v) is 16.1. The molecule has 0 aliphatic carbocycles. The molecule has 0 radical (unpaired) electrons. The Morgan fingerprint density at radius 2 is 2.04 bits per heavy atom. The van der Waals surface area contributed by atoms with Crippen molar-refractivity contribution in [2.75, 3.05) is 11.9 Å². The van der Waals surface area contributed by atoms with Crippen molar-refractivity contribution in [3.63, 3.8) is 0 Å². The summed E-state index contributed by atoms with van der Waals surface area (Å²) in [5.74, 6) is 5.83. The minimum atomic E-state index is -4.37. The molecule has 3 rings (SSSR count). The summed E-state index contributed by atoms with van der Waals surface area (Å²) in [7, 11) is 0. The van der Waals surface area contributed by atoms with E-state index in [2.05, 4.69) is 36.7 Å². The average molecular weight is 400 g/mol. The summed E-state index contributed by atoms with van der Waals surface area (Å²) in [6.45, 7) is 6.17. The number of nitrogens with one attached hydrogen (secondary N) is 1. The number of aromatic nitrogens is 1. The summed E-state index contributed by atoms with van der Waals surface area (Å²) in [6, 6.07) is 12.9. The molecule has 144 valence electrons. The van der Waals surface area contributed by atoms with Gasteiger partial charge in [0.2, 0.25) is 0 Å². The second kappa shape index (κ2) is 8.49. The highest BCUT2D eigenvalue weighted by Gasteiger charge is 2.32. The summed E-state index contributed by atoms with van der Waals surface area (Å²) >= 11 is -0.141. The first-order chi connectivity index (χ1) is 13.4. The largest absolute Gasteiger partial charge is 0.447 e. The number of fused-ring (bicyclic) bond motifs is 1. The molecule has 0 unspecified atom stereocenters. The van der Waals surface area contributed by atoms with Gasteiger partial charge in [-0.15, -0.1) is 0 Å². The van der Waals surface area contributed by atoms with Crippen LogP contribution >= 0.6 is 11.8 Å². The van der Waals surface area contributed by atoms with Crippen molar-refractivity contribution >= 4 is 29.0 Å². The van der Waals surface area contributed by atoms with Crippen LogP contribution < -0.4 is 5.32 Å². The SMILES string of the molecule is C=Cc1ccc(NCC#Cc2cc3ccccn3c2SC(F)(F)F)c(CC)c1. The molecule has 0 saturated heterocycles. The number of hydrogen-bond acceptors (Lipinski definition) is 2. The lowest BCUT2D eigenvalue weighted by Crippen LogP contribution is -2.03. The molecule has 2 nitrogen and oxygen atoms in total. The minimum Gasteiger partial charge on any atom is -0.374 e. The Morgan fingerprint density at radius 1 is 1.21 bits per heavy atom. The third-order valence-electron chi connectivity index (χ3n) is 4.18. The molecule has 0 aliphatic rings. The number of pyridine rings is 1. The lowest BCUT2D eigenvalue weighted by atomic mass is 10.1. The van der Waals surface area contributed by atoms with Crippen molar-refractivity contribution in [1.29, 1.82) is 0 Å². The van der Waals surface area contributed by atoms with E-state index in [4.69, 9.17) is 0 Å². The second-order valence-electron chi connectivity index (χ2n) is 6.04. The third-order valence-corrected chi connectivity index (χ3v) is 5.02. The number of hydrogen-bond donors (Lipinski definition) is 1. The second-order valence-corrected chi connectivity index (χ2v) is 7.09. The van der Waals surface area contributed by atoms with Gasteiger partial charge in [0, 0.05) is 29.2 Å². The van der Waals surface area contributed by atoms with Crippen LogP contribution in [0.4, 0.5) is 18.9 Å². The summed E-state index contributed by atoms with van der Waals surface area (Å²) in [4.78, 5) is 0. The summed E-state index contributed by atoms with van der Waals surface area (Å²) in [6.07, 6.45) is 4.26. The zero-order valence-electron chi connectivity index (χ0n) is 15.3. The number of nitrogens with zero attached hydrogens (tertiary/aromatic N) is 1. The molecule has 0 amide bonds. The molecule has 0 saturated carbocycles. The van der Waals surface area contributed by atoms with Gasteiger partial charge in [0.15, 0.2) is 0 Å². The maximum absolute atomic E-state index is 13.0. The minimum absolute atomic E-state index is 0.0835. The highest BCUT2D eigenvalue weighted by atomic mass is 32.2. The quantitative estimate of drug-likeness (QED) is 0.404. The van der Waals surface area contributed by atoms with Crippen LogP contribution in [0.5, 0.6) is 0 Å². The molecular formula is C22H19F3N2S. The Bertz CT molecular complexity index is 1060. The molecule has 2 aromatic heterocycles. The smallest absolute Gasteiger partial charge is 0.374 e. The Balaban J connectivity index is 1.82. The molecule has 0 fully saturated rings. The van der Waals surface area contributed by atoms with Crippen LogP contribution in [0, 0.1) is 11.8 Å². The van der Waals surface area contributed by atoms with E-state index in [1.807, 2.05) is 12.1 Å². The van der Waals surface area contributed by atoms with E-state index in [0.29, 0.717) is 17.6 Å². The predicted octanol–water partition coefficient (Wildman–Crippen LogP) is 6.22. The fraction of sp³-hybridized carbons (Fsp3) is 0.182. The molecule has 0 bridgehead atoms. The Morgan fingerprint density at radius 3 is 2.75 bits per heavy atom. The van der Waals surface area contributed by atoms with Crippen molar-refractivity contribution in [3.8, 4) is 11.8 Å². The van der Waals surface area contributed by atoms with Crippen LogP contribution in [0.3, 0.4) is 0 Å². The van der Waals surface area contributed by atoms with Crippen LogP contribution in [0.25, 0.3) is 11.6 Å². The lowest BCUT2D eigenvalue weighted by Gasteiger charge is -2.09. The monoisotopic (exact) mass is 400 g/mol. The third kappa shape index (κ3) is 4.73. The molecule has 0 spiro atoms. The molecule has 2 heterocycles. The Hall–Kier alpha value is -2.78. The zero-order chi connectivity index (χ0) is 20.1. The molecule has 1 N–H and O–H groups in total. The van der Waals surface area contributed by atoms with E-state index in [0.717, 1.165) is 23.2 Å². The van der Waals surface area contributed by atoms with Crippen molar-refractivity contribution in [3.05, 3.63) is 71.9 Å². The van der Waals surface area contributed by atoms with Gasteiger partial charge in [0.1, 0.15) is 5.03 Å². The van der Waals surface area contributed by atoms with Crippen molar-refractivity contribution < 1.29 is 13.2 Å². The number of thioether (sulfide) groups is 1. The topological polar surface area (TPSA) is 16.4 Å². The molecule has 28 heavy (non-hydrogen) atoms.